The van der Waals surface area contributed by atoms with Crippen molar-refractivity contribution in [3.05, 3.63) is 93.8 Å². The second-order valence-electron chi connectivity index (χ2n) is 9.17. The van der Waals surface area contributed by atoms with E-state index in [1.54, 1.807) is 29.5 Å². The van der Waals surface area contributed by atoms with Crippen molar-refractivity contribution in [3.63, 3.8) is 0 Å². The van der Waals surface area contributed by atoms with Gasteiger partial charge in [-0.3, -0.25) is 9.59 Å². The third-order valence-electron chi connectivity index (χ3n) is 6.46. The number of fused-ring (bicyclic) bond motifs is 1. The fourth-order valence-electron chi connectivity index (χ4n) is 4.38. The molecule has 4 rings (SSSR count). The number of carbonyl (C=O) groups is 2. The standard InChI is InChI=1S/C29H30F3N3O3S/c1-38-16-5-14-35(28(37)26-8-4-17-39-26)20-27(36)34(19-21-9-11-23(12-10-21)29(30,31)32)15-13-22-18-33-25-7-3-2-6-24(22)25/h2-4,6-12,17-18,33H,5,13-16,19-20H2,1H3. The highest BCUT2D eigenvalue weighted by atomic mass is 32.1. The Morgan fingerprint density at radius 1 is 0.974 bits per heavy atom. The van der Waals surface area contributed by atoms with E-state index in [1.165, 1.54) is 28.4 Å². The van der Waals surface area contributed by atoms with Crippen LogP contribution in [0.3, 0.4) is 0 Å². The zero-order valence-corrected chi connectivity index (χ0v) is 22.4. The summed E-state index contributed by atoms with van der Waals surface area (Å²) in [7, 11) is 1.58. The summed E-state index contributed by atoms with van der Waals surface area (Å²) in [5.41, 5.74) is 1.85. The lowest BCUT2D eigenvalue weighted by molar-refractivity contribution is -0.137. The highest BCUT2D eigenvalue weighted by Crippen LogP contribution is 2.29. The van der Waals surface area contributed by atoms with E-state index in [0.717, 1.165) is 28.6 Å². The molecule has 0 fully saturated rings. The lowest BCUT2D eigenvalue weighted by atomic mass is 10.1. The Balaban J connectivity index is 1.54. The van der Waals surface area contributed by atoms with Crippen molar-refractivity contribution < 1.29 is 27.5 Å². The molecule has 2 aromatic heterocycles. The first-order valence-electron chi connectivity index (χ1n) is 12.6. The molecule has 4 aromatic rings. The molecule has 2 amide bonds. The Hall–Kier alpha value is -3.63. The van der Waals surface area contributed by atoms with Gasteiger partial charge in [-0.2, -0.15) is 13.2 Å². The molecule has 2 heterocycles. The molecule has 206 valence electrons. The van der Waals surface area contributed by atoms with Crippen LogP contribution in [-0.4, -0.2) is 59.9 Å². The molecule has 39 heavy (non-hydrogen) atoms. The average Bonchev–Trinajstić information content (AvgIpc) is 3.60. The smallest absolute Gasteiger partial charge is 0.385 e. The van der Waals surface area contributed by atoms with Crippen molar-refractivity contribution in [2.24, 2.45) is 0 Å². The van der Waals surface area contributed by atoms with Gasteiger partial charge in [0.2, 0.25) is 5.91 Å². The topological polar surface area (TPSA) is 65.6 Å². The first-order valence-corrected chi connectivity index (χ1v) is 13.4. The molecule has 10 heteroatoms. The van der Waals surface area contributed by atoms with Gasteiger partial charge in [-0.25, -0.2) is 0 Å². The van der Waals surface area contributed by atoms with Crippen molar-refractivity contribution >= 4 is 34.1 Å². The number of aromatic nitrogens is 1. The molecule has 0 radical (unpaired) electrons. The number of alkyl halides is 3. The van der Waals surface area contributed by atoms with Crippen LogP contribution in [-0.2, 0) is 28.7 Å². The Kier molecular flexibility index (Phi) is 9.42. The minimum Gasteiger partial charge on any atom is -0.385 e. The Bertz CT molecular complexity index is 1370. The summed E-state index contributed by atoms with van der Waals surface area (Å²) in [6.07, 6.45) is -1.43. The molecule has 0 unspecified atom stereocenters. The van der Waals surface area contributed by atoms with Gasteiger partial charge >= 0.3 is 6.18 Å². The maximum atomic E-state index is 13.6. The van der Waals surface area contributed by atoms with E-state index >= 15 is 0 Å². The highest BCUT2D eigenvalue weighted by Gasteiger charge is 2.30. The first kappa shape index (κ1) is 28.4. The molecular weight excluding hydrogens is 527 g/mol. The summed E-state index contributed by atoms with van der Waals surface area (Å²) in [6, 6.07) is 16.2. The van der Waals surface area contributed by atoms with Gasteiger partial charge in [0, 0.05) is 50.5 Å². The number of nitrogens with one attached hydrogen (secondary N) is 1. The normalized spacial score (nSPS) is 11.6. The zero-order valence-electron chi connectivity index (χ0n) is 21.5. The van der Waals surface area contributed by atoms with Crippen molar-refractivity contribution in [3.8, 4) is 0 Å². The minimum atomic E-state index is -4.44. The van der Waals surface area contributed by atoms with Crippen molar-refractivity contribution in [1.29, 1.82) is 0 Å². The van der Waals surface area contributed by atoms with E-state index < -0.39 is 11.7 Å². The maximum Gasteiger partial charge on any atom is 0.416 e. The quantitative estimate of drug-likeness (QED) is 0.217. The van der Waals surface area contributed by atoms with Crippen molar-refractivity contribution in [2.45, 2.75) is 25.6 Å². The number of aromatic amines is 1. The van der Waals surface area contributed by atoms with Crippen LogP contribution in [0.1, 0.15) is 32.8 Å². The van der Waals surface area contributed by atoms with E-state index in [4.69, 9.17) is 4.74 Å². The van der Waals surface area contributed by atoms with Crippen LogP contribution in [0.15, 0.2) is 72.2 Å². The summed E-state index contributed by atoms with van der Waals surface area (Å²) in [4.78, 5) is 33.7. The van der Waals surface area contributed by atoms with Gasteiger partial charge in [0.25, 0.3) is 5.91 Å². The van der Waals surface area contributed by atoms with Gasteiger partial charge in [-0.15, -0.1) is 11.3 Å². The van der Waals surface area contributed by atoms with E-state index in [0.29, 0.717) is 43.0 Å². The number of rotatable bonds is 12. The lowest BCUT2D eigenvalue weighted by Crippen LogP contribution is -2.43. The average molecular weight is 558 g/mol. The third kappa shape index (κ3) is 7.48. The molecule has 0 bridgehead atoms. The van der Waals surface area contributed by atoms with Crippen LogP contribution in [0.5, 0.6) is 0 Å². The van der Waals surface area contributed by atoms with Crippen LogP contribution < -0.4 is 0 Å². The first-order chi connectivity index (χ1) is 18.8. The molecule has 1 N–H and O–H groups in total. The van der Waals surface area contributed by atoms with E-state index in [2.05, 4.69) is 4.98 Å². The molecule has 0 aliphatic heterocycles. The predicted molar refractivity (Wildman–Crippen MR) is 146 cm³/mol. The number of thiophene rings is 1. The number of ether oxygens (including phenoxy) is 1. The minimum absolute atomic E-state index is 0.123. The molecule has 0 spiro atoms. The van der Waals surface area contributed by atoms with Gasteiger partial charge in [0.05, 0.1) is 10.4 Å². The Morgan fingerprint density at radius 3 is 2.44 bits per heavy atom. The van der Waals surface area contributed by atoms with Crippen LogP contribution >= 0.6 is 11.3 Å². The lowest BCUT2D eigenvalue weighted by Gasteiger charge is -2.28. The van der Waals surface area contributed by atoms with Crippen molar-refractivity contribution in [2.75, 3.05) is 33.4 Å². The highest BCUT2D eigenvalue weighted by molar-refractivity contribution is 7.12. The second-order valence-corrected chi connectivity index (χ2v) is 10.1. The number of carbonyl (C=O) groups excluding carboxylic acids is 2. The molecule has 0 saturated heterocycles. The number of halogens is 3. The SMILES string of the molecule is COCCCN(CC(=O)N(CCc1c[nH]c2ccccc12)Cc1ccc(C(F)(F)F)cc1)C(=O)c1cccs1. The summed E-state index contributed by atoms with van der Waals surface area (Å²) in [6.45, 7) is 1.10. The third-order valence-corrected chi connectivity index (χ3v) is 7.31. The van der Waals surface area contributed by atoms with Gasteiger partial charge in [-0.05, 0) is 53.6 Å². The Morgan fingerprint density at radius 2 is 1.74 bits per heavy atom. The largest absolute Gasteiger partial charge is 0.416 e. The second kappa shape index (κ2) is 12.9. The molecular formula is C29H30F3N3O3S. The number of benzene rings is 2. The summed E-state index contributed by atoms with van der Waals surface area (Å²) < 4.78 is 44.3. The van der Waals surface area contributed by atoms with Crippen LogP contribution in [0.2, 0.25) is 0 Å². The fraction of sp³-hybridized carbons (Fsp3) is 0.310. The number of methoxy groups -OCH3 is 1. The van der Waals surface area contributed by atoms with Crippen LogP contribution in [0, 0.1) is 0 Å². The van der Waals surface area contributed by atoms with E-state index in [-0.39, 0.29) is 24.9 Å². The number of nitrogens with zero attached hydrogens (tertiary/aromatic N) is 2. The predicted octanol–water partition coefficient (Wildman–Crippen LogP) is 6.00. The molecule has 0 aliphatic rings. The molecule has 6 nitrogen and oxygen atoms in total. The molecule has 2 aromatic carbocycles. The van der Waals surface area contributed by atoms with Crippen LogP contribution in [0.4, 0.5) is 13.2 Å². The summed E-state index contributed by atoms with van der Waals surface area (Å²) in [5, 5.41) is 2.86. The number of H-pyrrole nitrogens is 1. The maximum absolute atomic E-state index is 13.6. The van der Waals surface area contributed by atoms with E-state index in [1.807, 2.05) is 30.5 Å². The molecule has 0 atom stereocenters. The van der Waals surface area contributed by atoms with Crippen molar-refractivity contribution in [1.82, 2.24) is 14.8 Å². The Labute approximate surface area is 229 Å². The number of hydrogen-bond acceptors (Lipinski definition) is 4. The van der Waals surface area contributed by atoms with Gasteiger partial charge in [0.1, 0.15) is 6.54 Å². The molecule has 0 aliphatic carbocycles. The summed E-state index contributed by atoms with van der Waals surface area (Å²) in [5.74, 6) is -0.516. The number of amides is 2. The van der Waals surface area contributed by atoms with Gasteiger partial charge in [0.15, 0.2) is 0 Å². The molecule has 0 saturated carbocycles. The van der Waals surface area contributed by atoms with Gasteiger partial charge < -0.3 is 19.5 Å². The van der Waals surface area contributed by atoms with E-state index in [9.17, 15) is 22.8 Å². The zero-order chi connectivity index (χ0) is 27.8. The summed E-state index contributed by atoms with van der Waals surface area (Å²) >= 11 is 1.31. The van der Waals surface area contributed by atoms with Gasteiger partial charge in [-0.1, -0.05) is 36.4 Å². The van der Waals surface area contributed by atoms with Crippen LogP contribution in [0.25, 0.3) is 10.9 Å². The number of hydrogen-bond donors (Lipinski definition) is 1. The fourth-order valence-corrected chi connectivity index (χ4v) is 5.07. The number of para-hydroxylation sites is 1. The monoisotopic (exact) mass is 557 g/mol.